The van der Waals surface area contributed by atoms with Crippen molar-refractivity contribution in [2.75, 3.05) is 14.2 Å². The molecule has 0 unspecified atom stereocenters. The summed E-state index contributed by atoms with van der Waals surface area (Å²) in [7, 11) is 3.20. The van der Waals surface area contributed by atoms with Gasteiger partial charge in [-0.2, -0.15) is 0 Å². The molecule has 0 fully saturated rings. The van der Waals surface area contributed by atoms with Crippen LogP contribution in [-0.2, 0) is 9.53 Å². The fourth-order valence-electron chi connectivity index (χ4n) is 4.88. The Morgan fingerprint density at radius 1 is 0.929 bits per heavy atom. The van der Waals surface area contributed by atoms with Gasteiger partial charge >= 0.3 is 5.97 Å². The lowest BCUT2D eigenvalue weighted by molar-refractivity contribution is -0.160. The lowest BCUT2D eigenvalue weighted by Gasteiger charge is -2.28. The molecule has 3 aromatic carbocycles. The largest absolute Gasteiger partial charge is 0.493 e. The Morgan fingerprint density at radius 2 is 1.62 bits per heavy atom. The molecule has 2 heterocycles. The van der Waals surface area contributed by atoms with Gasteiger partial charge in [-0.15, -0.1) is 11.3 Å². The summed E-state index contributed by atoms with van der Waals surface area (Å²) in [5, 5.41) is 11.7. The summed E-state index contributed by atoms with van der Waals surface area (Å²) in [6, 6.07) is 18.9. The molecule has 0 amide bonds. The van der Waals surface area contributed by atoms with Crippen LogP contribution in [-0.4, -0.2) is 40.9 Å². The summed E-state index contributed by atoms with van der Waals surface area (Å²) in [5.74, 6) is 0.198. The van der Waals surface area contributed by atoms with Gasteiger partial charge in [0.05, 0.1) is 35.7 Å². The van der Waals surface area contributed by atoms with E-state index in [1.165, 1.54) is 11.3 Å². The van der Waals surface area contributed by atoms with Gasteiger partial charge in [-0.25, -0.2) is 9.78 Å². The van der Waals surface area contributed by atoms with Crippen LogP contribution in [0, 0.1) is 6.92 Å². The number of aliphatic carboxylic acids is 1. The molecule has 0 aliphatic carbocycles. The molecular formula is C33H31ClN2O5S. The lowest BCUT2D eigenvalue weighted by Crippen LogP contribution is -2.28. The van der Waals surface area contributed by atoms with E-state index in [4.69, 9.17) is 30.8 Å². The average molecular weight is 603 g/mol. The molecule has 1 N–H and O–H groups in total. The van der Waals surface area contributed by atoms with Crippen LogP contribution in [0.5, 0.6) is 11.5 Å². The number of methoxy groups -OCH3 is 2. The highest BCUT2D eigenvalue weighted by atomic mass is 35.5. The average Bonchev–Trinajstić information content (AvgIpc) is 3.38. The topological polar surface area (TPSA) is 90.8 Å². The Morgan fingerprint density at radius 3 is 2.26 bits per heavy atom. The number of carboxylic acids is 1. The Kier molecular flexibility index (Phi) is 8.23. The van der Waals surface area contributed by atoms with Crippen LogP contribution in [0.4, 0.5) is 0 Å². The molecule has 2 aromatic heterocycles. The number of fused-ring (bicyclic) bond motifs is 1. The van der Waals surface area contributed by atoms with Crippen LogP contribution in [0.25, 0.3) is 43.2 Å². The molecule has 0 aliphatic rings. The maximum Gasteiger partial charge on any atom is 0.337 e. The number of ether oxygens (including phenoxy) is 3. The third kappa shape index (κ3) is 5.97. The SMILES string of the molecule is COc1ccc(-c2cc(-c3nc4cc(C)c([C@H](OC(C)(C)C)C(=O)O)c(-c5ccc(Cl)cc5)c4s3)ccn2)cc1OC. The van der Waals surface area contributed by atoms with E-state index in [0.29, 0.717) is 22.1 Å². The first-order chi connectivity index (χ1) is 20.0. The number of carbonyl (C=O) groups is 1. The number of hydrogen-bond acceptors (Lipinski definition) is 7. The minimum absolute atomic E-state index is 0.592. The molecule has 0 saturated heterocycles. The number of aromatic nitrogens is 2. The molecule has 42 heavy (non-hydrogen) atoms. The van der Waals surface area contributed by atoms with E-state index in [0.717, 1.165) is 48.7 Å². The molecular weight excluding hydrogens is 572 g/mol. The Balaban J connectivity index is 1.70. The second-order valence-electron chi connectivity index (χ2n) is 10.8. The number of carboxylic acid groups (broad SMARTS) is 1. The summed E-state index contributed by atoms with van der Waals surface area (Å²) in [5.41, 5.74) is 5.59. The van der Waals surface area contributed by atoms with E-state index in [9.17, 15) is 9.90 Å². The second kappa shape index (κ2) is 11.7. The standard InChI is InChI=1S/C33H31ClN2O5S/c1-18-15-24-30(28(19-7-10-22(34)11-8-19)27(18)29(32(37)38)41-33(2,3)4)42-31(36-24)21-13-14-35-23(16-21)20-9-12-25(39-5)26(17-20)40-6/h7-17,29H,1-6H3,(H,37,38)/t29-/m0/s1. The molecule has 7 nitrogen and oxygen atoms in total. The van der Waals surface area contributed by atoms with Gasteiger partial charge in [0.25, 0.3) is 0 Å². The zero-order valence-corrected chi connectivity index (χ0v) is 25.8. The van der Waals surface area contributed by atoms with Crippen molar-refractivity contribution in [2.24, 2.45) is 0 Å². The minimum Gasteiger partial charge on any atom is -0.493 e. The molecule has 5 aromatic rings. The van der Waals surface area contributed by atoms with Crippen molar-refractivity contribution in [3.05, 3.63) is 83.0 Å². The Labute approximate surface area is 253 Å². The van der Waals surface area contributed by atoms with E-state index in [-0.39, 0.29) is 0 Å². The Hall–Kier alpha value is -3.98. The highest BCUT2D eigenvalue weighted by Crippen LogP contribution is 2.44. The first-order valence-electron chi connectivity index (χ1n) is 13.3. The number of pyridine rings is 1. The summed E-state index contributed by atoms with van der Waals surface area (Å²) in [6.07, 6.45) is 0.574. The van der Waals surface area contributed by atoms with E-state index in [1.807, 2.05) is 76.2 Å². The normalized spacial score (nSPS) is 12.4. The molecule has 0 spiro atoms. The minimum atomic E-state index is -1.18. The number of nitrogens with zero attached hydrogens (tertiary/aromatic N) is 2. The van der Waals surface area contributed by atoms with Gasteiger partial charge in [0.15, 0.2) is 17.6 Å². The van der Waals surface area contributed by atoms with E-state index in [1.54, 1.807) is 32.5 Å². The van der Waals surface area contributed by atoms with Gasteiger partial charge in [-0.3, -0.25) is 4.98 Å². The Bertz CT molecular complexity index is 1780. The third-order valence-corrected chi connectivity index (χ3v) is 8.09. The monoisotopic (exact) mass is 602 g/mol. The van der Waals surface area contributed by atoms with Gasteiger partial charge < -0.3 is 19.3 Å². The summed E-state index contributed by atoms with van der Waals surface area (Å²) >= 11 is 7.72. The van der Waals surface area contributed by atoms with Gasteiger partial charge in [-0.1, -0.05) is 23.7 Å². The van der Waals surface area contributed by atoms with Crippen LogP contribution >= 0.6 is 22.9 Å². The van der Waals surface area contributed by atoms with E-state index in [2.05, 4.69) is 4.98 Å². The molecule has 9 heteroatoms. The van der Waals surface area contributed by atoms with Gasteiger partial charge in [0, 0.05) is 33.5 Å². The molecule has 1 atom stereocenters. The van der Waals surface area contributed by atoms with Crippen LogP contribution in [0.15, 0.2) is 66.9 Å². The molecule has 0 saturated carbocycles. The fraction of sp³-hybridized carbons (Fsp3) is 0.242. The molecule has 0 aliphatic heterocycles. The highest BCUT2D eigenvalue weighted by Gasteiger charge is 2.32. The van der Waals surface area contributed by atoms with Crippen LogP contribution in [0.3, 0.4) is 0 Å². The van der Waals surface area contributed by atoms with Crippen molar-refractivity contribution < 1.29 is 24.1 Å². The van der Waals surface area contributed by atoms with Gasteiger partial charge in [-0.05, 0) is 87.4 Å². The number of aryl methyl sites for hydroxylation is 1. The van der Waals surface area contributed by atoms with Crippen molar-refractivity contribution in [3.63, 3.8) is 0 Å². The van der Waals surface area contributed by atoms with Crippen molar-refractivity contribution in [3.8, 4) is 44.5 Å². The van der Waals surface area contributed by atoms with Crippen LogP contribution in [0.1, 0.15) is 38.0 Å². The maximum absolute atomic E-state index is 12.6. The van der Waals surface area contributed by atoms with E-state index >= 15 is 0 Å². The zero-order chi connectivity index (χ0) is 30.2. The molecule has 0 radical (unpaired) electrons. The predicted octanol–water partition coefficient (Wildman–Crippen LogP) is 8.61. The van der Waals surface area contributed by atoms with Gasteiger partial charge in [0.1, 0.15) is 5.01 Å². The van der Waals surface area contributed by atoms with E-state index < -0.39 is 17.7 Å². The fourth-order valence-corrected chi connectivity index (χ4v) is 6.13. The van der Waals surface area contributed by atoms with Crippen molar-refractivity contribution in [1.29, 1.82) is 0 Å². The summed E-state index contributed by atoms with van der Waals surface area (Å²) in [6.45, 7) is 7.45. The lowest BCUT2D eigenvalue weighted by atomic mass is 9.91. The molecule has 216 valence electrons. The third-order valence-electron chi connectivity index (χ3n) is 6.70. The number of benzene rings is 3. The van der Waals surface area contributed by atoms with Crippen LogP contribution in [0.2, 0.25) is 5.02 Å². The number of rotatable bonds is 8. The second-order valence-corrected chi connectivity index (χ2v) is 12.2. The first-order valence-corrected chi connectivity index (χ1v) is 14.5. The number of thiazole rings is 1. The maximum atomic E-state index is 12.6. The molecule has 5 rings (SSSR count). The number of halogens is 1. The summed E-state index contributed by atoms with van der Waals surface area (Å²) < 4.78 is 17.8. The van der Waals surface area contributed by atoms with Crippen molar-refractivity contribution in [2.45, 2.75) is 39.4 Å². The first kappa shape index (κ1) is 29.5. The van der Waals surface area contributed by atoms with Crippen molar-refractivity contribution >= 4 is 39.1 Å². The quantitative estimate of drug-likeness (QED) is 0.190. The number of hydrogen-bond donors (Lipinski definition) is 1. The zero-order valence-electron chi connectivity index (χ0n) is 24.2. The van der Waals surface area contributed by atoms with Gasteiger partial charge in [0.2, 0.25) is 0 Å². The van der Waals surface area contributed by atoms with Crippen molar-refractivity contribution in [1.82, 2.24) is 9.97 Å². The predicted molar refractivity (Wildman–Crippen MR) is 168 cm³/mol. The smallest absolute Gasteiger partial charge is 0.337 e. The molecule has 0 bridgehead atoms. The summed E-state index contributed by atoms with van der Waals surface area (Å²) in [4.78, 5) is 22.2. The highest BCUT2D eigenvalue weighted by molar-refractivity contribution is 7.22. The van der Waals surface area contributed by atoms with Crippen LogP contribution < -0.4 is 9.47 Å².